The molecular weight excluding hydrogens is 344 g/mol. The second kappa shape index (κ2) is 7.97. The van der Waals surface area contributed by atoms with E-state index in [1.807, 2.05) is 0 Å². The Morgan fingerprint density at radius 2 is 1.70 bits per heavy atom. The molecule has 2 amide bonds. The highest BCUT2D eigenvalue weighted by atomic mass is 33.1. The Bertz CT molecular complexity index is 700. The minimum absolute atomic E-state index is 0.0245. The van der Waals surface area contributed by atoms with Crippen molar-refractivity contribution in [3.8, 4) is 0 Å². The highest BCUT2D eigenvalue weighted by molar-refractivity contribution is 8.72. The summed E-state index contributed by atoms with van der Waals surface area (Å²) in [6, 6.07) is 4.17. The molecule has 0 aliphatic heterocycles. The van der Waals surface area contributed by atoms with Gasteiger partial charge in [-0.3, -0.25) is 9.59 Å². The first-order valence-corrected chi connectivity index (χ1v) is 9.37. The summed E-state index contributed by atoms with van der Waals surface area (Å²) in [7, 11) is -3.36. The SMILES string of the molecule is CC(=O)Nc1ccc(S(=O)(=O)SC[C@@H](NC(C)=O)C(=O)O)cc1. The summed E-state index contributed by atoms with van der Waals surface area (Å²) in [5.41, 5.74) is 0.447. The van der Waals surface area contributed by atoms with Crippen LogP contribution in [-0.4, -0.2) is 43.1 Å². The van der Waals surface area contributed by atoms with Crippen LogP contribution in [0.2, 0.25) is 0 Å². The molecule has 1 aromatic carbocycles. The van der Waals surface area contributed by atoms with Gasteiger partial charge in [0.05, 0.1) is 4.90 Å². The van der Waals surface area contributed by atoms with E-state index in [0.29, 0.717) is 16.5 Å². The molecule has 1 atom stereocenters. The number of carboxylic acids is 1. The van der Waals surface area contributed by atoms with Gasteiger partial charge in [-0.2, -0.15) is 0 Å². The molecular formula is C13H16N2O6S2. The van der Waals surface area contributed by atoms with E-state index in [0.717, 1.165) is 6.92 Å². The van der Waals surface area contributed by atoms with Crippen molar-refractivity contribution in [2.75, 3.05) is 11.1 Å². The number of hydrogen-bond donors (Lipinski definition) is 3. The summed E-state index contributed by atoms with van der Waals surface area (Å²) >= 11 is 0. The molecule has 0 radical (unpaired) electrons. The summed E-state index contributed by atoms with van der Waals surface area (Å²) in [4.78, 5) is 32.8. The first-order valence-electron chi connectivity index (χ1n) is 6.39. The van der Waals surface area contributed by atoms with E-state index in [1.54, 1.807) is 0 Å². The zero-order valence-electron chi connectivity index (χ0n) is 12.4. The predicted octanol–water partition coefficient (Wildman–Crippen LogP) is 0.656. The number of carbonyl (C=O) groups is 3. The third kappa shape index (κ3) is 6.28. The van der Waals surface area contributed by atoms with Gasteiger partial charge in [-0.05, 0) is 35.1 Å². The smallest absolute Gasteiger partial charge is 0.327 e. The molecule has 0 bridgehead atoms. The molecule has 0 spiro atoms. The van der Waals surface area contributed by atoms with E-state index >= 15 is 0 Å². The molecule has 1 rings (SSSR count). The zero-order valence-corrected chi connectivity index (χ0v) is 14.0. The van der Waals surface area contributed by atoms with Crippen LogP contribution in [0.1, 0.15) is 13.8 Å². The van der Waals surface area contributed by atoms with Gasteiger partial charge in [-0.15, -0.1) is 0 Å². The second-order valence-corrected chi connectivity index (χ2v) is 8.51. The van der Waals surface area contributed by atoms with Crippen LogP contribution in [0.25, 0.3) is 0 Å². The maximum absolute atomic E-state index is 12.1. The van der Waals surface area contributed by atoms with Crippen molar-refractivity contribution in [1.29, 1.82) is 0 Å². The van der Waals surface area contributed by atoms with Crippen LogP contribution in [0.5, 0.6) is 0 Å². The van der Waals surface area contributed by atoms with Crippen molar-refractivity contribution in [1.82, 2.24) is 5.32 Å². The largest absolute Gasteiger partial charge is 0.480 e. The molecule has 1 aromatic rings. The molecule has 0 saturated carbocycles. The van der Waals surface area contributed by atoms with E-state index in [1.165, 1.54) is 31.2 Å². The Kier molecular flexibility index (Phi) is 6.58. The number of carbonyl (C=O) groups excluding carboxylic acids is 2. The van der Waals surface area contributed by atoms with E-state index in [2.05, 4.69) is 10.6 Å². The van der Waals surface area contributed by atoms with E-state index in [4.69, 9.17) is 5.11 Å². The Morgan fingerprint density at radius 1 is 1.13 bits per heavy atom. The first kappa shape index (κ1) is 19.0. The van der Waals surface area contributed by atoms with Crippen molar-refractivity contribution < 1.29 is 27.9 Å². The molecule has 8 nitrogen and oxygen atoms in total. The maximum atomic E-state index is 12.1. The van der Waals surface area contributed by atoms with Crippen molar-refractivity contribution in [3.63, 3.8) is 0 Å². The number of rotatable bonds is 7. The van der Waals surface area contributed by atoms with Crippen molar-refractivity contribution >= 4 is 43.1 Å². The zero-order chi connectivity index (χ0) is 17.6. The van der Waals surface area contributed by atoms with E-state index in [9.17, 15) is 22.8 Å². The molecule has 0 aliphatic carbocycles. The molecule has 126 valence electrons. The number of aliphatic carboxylic acids is 1. The summed E-state index contributed by atoms with van der Waals surface area (Å²) in [5, 5.41) is 13.6. The van der Waals surface area contributed by atoms with Gasteiger partial charge in [0.25, 0.3) is 0 Å². The van der Waals surface area contributed by atoms with Gasteiger partial charge in [0.2, 0.25) is 20.7 Å². The molecule has 0 saturated heterocycles. The van der Waals surface area contributed by atoms with Crippen LogP contribution in [-0.2, 0) is 23.3 Å². The Balaban J connectivity index is 2.80. The Hall–Kier alpha value is -2.07. The molecule has 0 aromatic heterocycles. The van der Waals surface area contributed by atoms with Gasteiger partial charge in [0.15, 0.2) is 0 Å². The highest BCUT2D eigenvalue weighted by Crippen LogP contribution is 2.25. The van der Waals surface area contributed by atoms with Crippen LogP contribution >= 0.6 is 10.8 Å². The predicted molar refractivity (Wildman–Crippen MR) is 85.6 cm³/mol. The Morgan fingerprint density at radius 3 is 2.13 bits per heavy atom. The topological polar surface area (TPSA) is 130 Å². The fraction of sp³-hybridized carbons (Fsp3) is 0.308. The maximum Gasteiger partial charge on any atom is 0.327 e. The highest BCUT2D eigenvalue weighted by Gasteiger charge is 2.23. The van der Waals surface area contributed by atoms with Crippen molar-refractivity contribution in [2.24, 2.45) is 0 Å². The normalized spacial score (nSPS) is 12.3. The first-order chi connectivity index (χ1) is 10.6. The minimum atomic E-state index is -3.78. The summed E-state index contributed by atoms with van der Waals surface area (Å²) < 4.78 is 24.3. The second-order valence-electron chi connectivity index (χ2n) is 4.54. The average molecular weight is 360 g/mol. The monoisotopic (exact) mass is 360 g/mol. The number of benzene rings is 1. The lowest BCUT2D eigenvalue weighted by atomic mass is 10.3. The van der Waals surface area contributed by atoms with Gasteiger partial charge in [0, 0.05) is 25.3 Å². The molecule has 10 heteroatoms. The third-order valence-electron chi connectivity index (χ3n) is 2.53. The molecule has 0 heterocycles. The Labute approximate surface area is 137 Å². The van der Waals surface area contributed by atoms with Gasteiger partial charge in [-0.25, -0.2) is 13.2 Å². The van der Waals surface area contributed by atoms with Crippen molar-refractivity contribution in [3.05, 3.63) is 24.3 Å². The van der Waals surface area contributed by atoms with Gasteiger partial charge >= 0.3 is 5.97 Å². The number of carboxylic acid groups (broad SMARTS) is 1. The minimum Gasteiger partial charge on any atom is -0.480 e. The summed E-state index contributed by atoms with van der Waals surface area (Å²) in [6.07, 6.45) is 0. The third-order valence-corrected chi connectivity index (χ3v) is 6.07. The van der Waals surface area contributed by atoms with Crippen LogP contribution < -0.4 is 10.6 Å². The molecule has 0 aliphatic rings. The van der Waals surface area contributed by atoms with Crippen LogP contribution in [0.3, 0.4) is 0 Å². The van der Waals surface area contributed by atoms with Gasteiger partial charge in [-0.1, -0.05) is 0 Å². The lowest BCUT2D eigenvalue weighted by Gasteiger charge is -2.12. The van der Waals surface area contributed by atoms with E-state index < -0.39 is 26.8 Å². The van der Waals surface area contributed by atoms with Crippen molar-refractivity contribution in [2.45, 2.75) is 24.8 Å². The number of amides is 2. The quantitative estimate of drug-likeness (QED) is 0.609. The molecule has 3 N–H and O–H groups in total. The van der Waals surface area contributed by atoms with Gasteiger partial charge in [0.1, 0.15) is 6.04 Å². The number of anilines is 1. The fourth-order valence-electron chi connectivity index (χ4n) is 1.55. The standard InChI is InChI=1S/C13H16N2O6S2/c1-8(16)14-10-3-5-11(6-4-10)23(20,21)22-7-12(13(18)19)15-9(2)17/h3-6,12H,7H2,1-2H3,(H,14,16)(H,15,17)(H,18,19)/t12-/m1/s1. The summed E-state index contributed by atoms with van der Waals surface area (Å²) in [6.45, 7) is 2.48. The number of hydrogen-bond acceptors (Lipinski definition) is 6. The van der Waals surface area contributed by atoms with Crippen LogP contribution in [0, 0.1) is 0 Å². The molecule has 0 fully saturated rings. The van der Waals surface area contributed by atoms with Gasteiger partial charge < -0.3 is 15.7 Å². The lowest BCUT2D eigenvalue weighted by Crippen LogP contribution is -2.41. The van der Waals surface area contributed by atoms with Crippen LogP contribution in [0.15, 0.2) is 29.2 Å². The molecule has 0 unspecified atom stereocenters. The summed E-state index contributed by atoms with van der Waals surface area (Å²) in [5.74, 6) is -2.49. The number of nitrogens with one attached hydrogen (secondary N) is 2. The molecule has 23 heavy (non-hydrogen) atoms. The average Bonchev–Trinajstić information content (AvgIpc) is 2.42. The fourth-order valence-corrected chi connectivity index (χ4v) is 4.39. The lowest BCUT2D eigenvalue weighted by molar-refractivity contribution is -0.140. The van der Waals surface area contributed by atoms with E-state index in [-0.39, 0.29) is 16.6 Å². The van der Waals surface area contributed by atoms with Crippen LogP contribution in [0.4, 0.5) is 5.69 Å².